The van der Waals surface area contributed by atoms with E-state index in [9.17, 15) is 0 Å². The van der Waals surface area contributed by atoms with Crippen LogP contribution in [0.1, 0.15) is 31.9 Å². The van der Waals surface area contributed by atoms with Crippen LogP contribution >= 0.6 is 0 Å². The second-order valence-electron chi connectivity index (χ2n) is 4.94. The molecule has 1 saturated heterocycles. The van der Waals surface area contributed by atoms with Crippen molar-refractivity contribution in [3.05, 3.63) is 48.6 Å². The normalized spacial score (nSPS) is 27.6. The SMILES string of the molecule is C=CC[C@H]1COC(C)(C)O[C@@H]1c1ccccc1. The van der Waals surface area contributed by atoms with Crippen LogP contribution in [0.2, 0.25) is 0 Å². The molecule has 1 heterocycles. The molecule has 2 nitrogen and oxygen atoms in total. The monoisotopic (exact) mass is 232 g/mol. The van der Waals surface area contributed by atoms with Crippen molar-refractivity contribution in [1.82, 2.24) is 0 Å². The zero-order valence-corrected chi connectivity index (χ0v) is 10.6. The van der Waals surface area contributed by atoms with Crippen molar-refractivity contribution in [1.29, 1.82) is 0 Å². The highest BCUT2D eigenvalue weighted by atomic mass is 16.7. The van der Waals surface area contributed by atoms with Crippen molar-refractivity contribution < 1.29 is 9.47 Å². The van der Waals surface area contributed by atoms with E-state index in [-0.39, 0.29) is 6.10 Å². The topological polar surface area (TPSA) is 18.5 Å². The highest BCUT2D eigenvalue weighted by Crippen LogP contribution is 2.38. The first-order valence-corrected chi connectivity index (χ1v) is 6.10. The number of hydrogen-bond acceptors (Lipinski definition) is 2. The van der Waals surface area contributed by atoms with E-state index < -0.39 is 5.79 Å². The van der Waals surface area contributed by atoms with Crippen molar-refractivity contribution in [2.24, 2.45) is 5.92 Å². The first-order valence-electron chi connectivity index (χ1n) is 6.10. The Morgan fingerprint density at radius 2 is 2.06 bits per heavy atom. The van der Waals surface area contributed by atoms with Crippen LogP contribution < -0.4 is 0 Å². The van der Waals surface area contributed by atoms with E-state index in [0.29, 0.717) is 5.92 Å². The minimum Gasteiger partial charge on any atom is -0.350 e. The lowest BCUT2D eigenvalue weighted by molar-refractivity contribution is -0.295. The molecule has 1 aliphatic rings. The molecule has 0 unspecified atom stereocenters. The first kappa shape index (κ1) is 12.3. The van der Waals surface area contributed by atoms with Gasteiger partial charge in [-0.05, 0) is 25.8 Å². The molecule has 0 bridgehead atoms. The highest BCUT2D eigenvalue weighted by molar-refractivity contribution is 5.19. The van der Waals surface area contributed by atoms with Gasteiger partial charge in [-0.15, -0.1) is 6.58 Å². The molecule has 0 aromatic heterocycles. The molecule has 92 valence electrons. The quantitative estimate of drug-likeness (QED) is 0.740. The highest BCUT2D eigenvalue weighted by Gasteiger charge is 2.36. The second-order valence-corrected chi connectivity index (χ2v) is 4.94. The molecule has 0 spiro atoms. The Morgan fingerprint density at radius 1 is 1.35 bits per heavy atom. The third-order valence-electron chi connectivity index (χ3n) is 3.08. The van der Waals surface area contributed by atoms with Gasteiger partial charge in [0.25, 0.3) is 0 Å². The molecule has 1 fully saturated rings. The van der Waals surface area contributed by atoms with Gasteiger partial charge >= 0.3 is 0 Å². The molecule has 1 aromatic rings. The molecule has 0 amide bonds. The third kappa shape index (κ3) is 2.96. The van der Waals surface area contributed by atoms with Crippen LogP contribution in [0, 0.1) is 5.92 Å². The summed E-state index contributed by atoms with van der Waals surface area (Å²) in [5.74, 6) is -0.152. The molecule has 1 aliphatic heterocycles. The third-order valence-corrected chi connectivity index (χ3v) is 3.08. The minimum absolute atomic E-state index is 0.0953. The van der Waals surface area contributed by atoms with Crippen LogP contribution in [-0.4, -0.2) is 12.4 Å². The standard InChI is InChI=1S/C15H20O2/c1-4-8-13-11-16-15(2,3)17-14(13)12-9-6-5-7-10-12/h4-7,9-10,13-14H,1,8,11H2,2-3H3/t13-,14+/m0/s1. The fraction of sp³-hybridized carbons (Fsp3) is 0.467. The summed E-state index contributed by atoms with van der Waals surface area (Å²) in [6.07, 6.45) is 2.94. The Bertz CT molecular complexity index is 370. The molecule has 2 rings (SSSR count). The summed E-state index contributed by atoms with van der Waals surface area (Å²) in [5.41, 5.74) is 1.22. The molecule has 0 radical (unpaired) electrons. The molecular formula is C15H20O2. The Morgan fingerprint density at radius 3 is 2.71 bits per heavy atom. The summed E-state index contributed by atoms with van der Waals surface area (Å²) < 4.78 is 11.8. The number of ether oxygens (including phenoxy) is 2. The van der Waals surface area contributed by atoms with Crippen molar-refractivity contribution in [2.45, 2.75) is 32.2 Å². The summed E-state index contributed by atoms with van der Waals surface area (Å²) in [5, 5.41) is 0. The van der Waals surface area contributed by atoms with Gasteiger partial charge in [-0.1, -0.05) is 36.4 Å². The van der Waals surface area contributed by atoms with E-state index >= 15 is 0 Å². The Kier molecular flexibility index (Phi) is 3.65. The van der Waals surface area contributed by atoms with Gasteiger partial charge in [0.2, 0.25) is 0 Å². The van der Waals surface area contributed by atoms with Crippen molar-refractivity contribution in [2.75, 3.05) is 6.61 Å². The average Bonchev–Trinajstić information content (AvgIpc) is 2.32. The van der Waals surface area contributed by atoms with Gasteiger partial charge in [0.15, 0.2) is 5.79 Å². The van der Waals surface area contributed by atoms with Crippen molar-refractivity contribution in [3.8, 4) is 0 Å². The van der Waals surface area contributed by atoms with E-state index in [1.165, 1.54) is 5.56 Å². The summed E-state index contributed by atoms with van der Waals surface area (Å²) in [6.45, 7) is 8.46. The maximum Gasteiger partial charge on any atom is 0.163 e. The number of rotatable bonds is 3. The van der Waals surface area contributed by atoms with Crippen LogP contribution in [0.25, 0.3) is 0 Å². The minimum atomic E-state index is -0.502. The lowest BCUT2D eigenvalue weighted by atomic mass is 9.92. The summed E-state index contributed by atoms with van der Waals surface area (Å²) in [6, 6.07) is 10.3. The summed E-state index contributed by atoms with van der Waals surface area (Å²) in [4.78, 5) is 0. The number of allylic oxidation sites excluding steroid dienone is 1. The summed E-state index contributed by atoms with van der Waals surface area (Å²) >= 11 is 0. The van der Waals surface area contributed by atoms with Gasteiger partial charge in [0, 0.05) is 5.92 Å². The molecule has 2 atom stereocenters. The smallest absolute Gasteiger partial charge is 0.163 e. The predicted octanol–water partition coefficient (Wildman–Crippen LogP) is 3.70. The molecule has 0 N–H and O–H groups in total. The summed E-state index contributed by atoms with van der Waals surface area (Å²) in [7, 11) is 0. The molecule has 1 aromatic carbocycles. The fourth-order valence-electron chi connectivity index (χ4n) is 2.22. The van der Waals surface area contributed by atoms with Gasteiger partial charge in [0.1, 0.15) is 0 Å². The predicted molar refractivity (Wildman–Crippen MR) is 68.6 cm³/mol. The van der Waals surface area contributed by atoms with E-state index in [2.05, 4.69) is 18.7 Å². The van der Waals surface area contributed by atoms with Crippen LogP contribution in [0.3, 0.4) is 0 Å². The maximum atomic E-state index is 6.06. The fourth-order valence-corrected chi connectivity index (χ4v) is 2.22. The zero-order valence-electron chi connectivity index (χ0n) is 10.6. The van der Waals surface area contributed by atoms with Crippen molar-refractivity contribution in [3.63, 3.8) is 0 Å². The Balaban J connectivity index is 2.22. The average molecular weight is 232 g/mol. The van der Waals surface area contributed by atoms with E-state index in [1.54, 1.807) is 0 Å². The van der Waals surface area contributed by atoms with Crippen LogP contribution in [0.4, 0.5) is 0 Å². The Labute approximate surface area is 103 Å². The van der Waals surface area contributed by atoms with E-state index in [0.717, 1.165) is 13.0 Å². The van der Waals surface area contributed by atoms with Gasteiger partial charge in [-0.3, -0.25) is 0 Å². The second kappa shape index (κ2) is 5.03. The number of hydrogen-bond donors (Lipinski definition) is 0. The Hall–Kier alpha value is -1.12. The van der Waals surface area contributed by atoms with E-state index in [4.69, 9.17) is 9.47 Å². The maximum absolute atomic E-state index is 6.06. The van der Waals surface area contributed by atoms with Crippen LogP contribution in [-0.2, 0) is 9.47 Å². The van der Waals surface area contributed by atoms with Gasteiger partial charge < -0.3 is 9.47 Å². The lowest BCUT2D eigenvalue weighted by Crippen LogP contribution is -2.41. The zero-order chi connectivity index (χ0) is 12.3. The molecule has 0 saturated carbocycles. The molecule has 17 heavy (non-hydrogen) atoms. The van der Waals surface area contributed by atoms with Crippen LogP contribution in [0.5, 0.6) is 0 Å². The molecule has 2 heteroatoms. The van der Waals surface area contributed by atoms with Crippen molar-refractivity contribution >= 4 is 0 Å². The van der Waals surface area contributed by atoms with E-state index in [1.807, 2.05) is 38.1 Å². The lowest BCUT2D eigenvalue weighted by Gasteiger charge is -2.41. The van der Waals surface area contributed by atoms with Crippen LogP contribution in [0.15, 0.2) is 43.0 Å². The first-order chi connectivity index (χ1) is 8.12. The van der Waals surface area contributed by atoms with Gasteiger partial charge in [-0.2, -0.15) is 0 Å². The number of benzene rings is 1. The largest absolute Gasteiger partial charge is 0.350 e. The van der Waals surface area contributed by atoms with Gasteiger partial charge in [0.05, 0.1) is 12.7 Å². The molecular weight excluding hydrogens is 212 g/mol. The molecule has 0 aliphatic carbocycles. The van der Waals surface area contributed by atoms with Gasteiger partial charge in [-0.25, -0.2) is 0 Å².